The molecule has 2 aromatic carbocycles. The molecule has 4 aromatic rings. The predicted molar refractivity (Wildman–Crippen MR) is 84.4 cm³/mol. The molecule has 0 unspecified atom stereocenters. The molecule has 0 amide bonds. The maximum absolute atomic E-state index is 5.89. The molecule has 4 heteroatoms. The van der Waals surface area contributed by atoms with Gasteiger partial charge in [-0.3, -0.25) is 0 Å². The second-order valence-electron chi connectivity index (χ2n) is 5.10. The van der Waals surface area contributed by atoms with Crippen molar-refractivity contribution in [3.05, 3.63) is 59.9 Å². The predicted octanol–water partition coefficient (Wildman–Crippen LogP) is 4.23. The molecule has 2 N–H and O–H groups in total. The summed E-state index contributed by atoms with van der Waals surface area (Å²) in [5, 5.41) is 4.46. The van der Waals surface area contributed by atoms with E-state index in [-0.39, 0.29) is 0 Å². The van der Waals surface area contributed by atoms with Crippen LogP contribution < -0.4 is 5.32 Å². The minimum atomic E-state index is 0.611. The second-order valence-corrected chi connectivity index (χ2v) is 5.10. The van der Waals surface area contributed by atoms with Gasteiger partial charge in [0.25, 0.3) is 0 Å². The molecule has 2 heterocycles. The van der Waals surface area contributed by atoms with E-state index < -0.39 is 0 Å². The molecule has 0 aliphatic rings. The van der Waals surface area contributed by atoms with E-state index in [0.717, 1.165) is 28.3 Å². The fourth-order valence-electron chi connectivity index (χ4n) is 2.59. The SMILES string of the molecule is Cc1c(CNc2nc3ccccc3[nH]2)oc2ccccc12. The van der Waals surface area contributed by atoms with Gasteiger partial charge in [0, 0.05) is 10.9 Å². The fourth-order valence-corrected chi connectivity index (χ4v) is 2.59. The summed E-state index contributed by atoms with van der Waals surface area (Å²) < 4.78 is 5.89. The van der Waals surface area contributed by atoms with E-state index >= 15 is 0 Å². The van der Waals surface area contributed by atoms with Gasteiger partial charge in [0.2, 0.25) is 5.95 Å². The third kappa shape index (κ3) is 2.05. The molecular weight excluding hydrogens is 262 g/mol. The van der Waals surface area contributed by atoms with E-state index in [4.69, 9.17) is 4.42 Å². The fraction of sp³-hybridized carbons (Fsp3) is 0.118. The van der Waals surface area contributed by atoms with Gasteiger partial charge in [0.15, 0.2) is 0 Å². The Morgan fingerprint density at radius 2 is 1.90 bits per heavy atom. The highest BCUT2D eigenvalue weighted by Gasteiger charge is 2.10. The lowest BCUT2D eigenvalue weighted by Gasteiger charge is -2.00. The van der Waals surface area contributed by atoms with Crippen molar-refractivity contribution in [2.24, 2.45) is 0 Å². The van der Waals surface area contributed by atoms with Crippen molar-refractivity contribution in [3.8, 4) is 0 Å². The summed E-state index contributed by atoms with van der Waals surface area (Å²) in [6.07, 6.45) is 0. The summed E-state index contributed by atoms with van der Waals surface area (Å²) in [6.45, 7) is 2.70. The number of hydrogen-bond acceptors (Lipinski definition) is 3. The molecule has 0 radical (unpaired) electrons. The van der Waals surface area contributed by atoms with Crippen LogP contribution in [0.15, 0.2) is 52.9 Å². The Hall–Kier alpha value is -2.75. The van der Waals surface area contributed by atoms with Crippen LogP contribution in [0.4, 0.5) is 5.95 Å². The van der Waals surface area contributed by atoms with Crippen LogP contribution in [0.1, 0.15) is 11.3 Å². The highest BCUT2D eigenvalue weighted by Crippen LogP contribution is 2.25. The summed E-state index contributed by atoms with van der Waals surface area (Å²) in [5.41, 5.74) is 4.09. The van der Waals surface area contributed by atoms with E-state index in [1.165, 1.54) is 10.9 Å². The van der Waals surface area contributed by atoms with Gasteiger partial charge >= 0.3 is 0 Å². The standard InChI is InChI=1S/C17H15N3O/c1-11-12-6-2-5-9-15(12)21-16(11)10-18-17-19-13-7-3-4-8-14(13)20-17/h2-9H,10H2,1H3,(H2,18,19,20). The lowest BCUT2D eigenvalue weighted by molar-refractivity contribution is 0.555. The zero-order chi connectivity index (χ0) is 14.2. The van der Waals surface area contributed by atoms with Crippen LogP contribution in [-0.2, 0) is 6.54 Å². The molecule has 0 bridgehead atoms. The normalized spacial score (nSPS) is 11.3. The van der Waals surface area contributed by atoms with E-state index in [2.05, 4.69) is 28.3 Å². The van der Waals surface area contributed by atoms with Gasteiger partial charge in [-0.05, 0) is 25.1 Å². The van der Waals surface area contributed by atoms with Crippen LogP contribution in [0.3, 0.4) is 0 Å². The first-order valence-electron chi connectivity index (χ1n) is 6.97. The smallest absolute Gasteiger partial charge is 0.201 e. The van der Waals surface area contributed by atoms with Gasteiger partial charge in [0.1, 0.15) is 11.3 Å². The van der Waals surface area contributed by atoms with Crippen LogP contribution in [0.5, 0.6) is 0 Å². The first kappa shape index (κ1) is 12.0. The molecule has 4 rings (SSSR count). The van der Waals surface area contributed by atoms with E-state index in [1.807, 2.05) is 42.5 Å². The average molecular weight is 277 g/mol. The number of nitrogens with one attached hydrogen (secondary N) is 2. The molecule has 104 valence electrons. The van der Waals surface area contributed by atoms with Crippen molar-refractivity contribution in [2.45, 2.75) is 13.5 Å². The van der Waals surface area contributed by atoms with Crippen molar-refractivity contribution in [1.82, 2.24) is 9.97 Å². The number of fused-ring (bicyclic) bond motifs is 2. The third-order valence-corrected chi connectivity index (χ3v) is 3.75. The minimum Gasteiger partial charge on any atom is -0.459 e. The number of H-pyrrole nitrogens is 1. The number of aromatic amines is 1. The number of aromatic nitrogens is 2. The largest absolute Gasteiger partial charge is 0.459 e. The zero-order valence-corrected chi connectivity index (χ0v) is 11.7. The Morgan fingerprint density at radius 3 is 2.76 bits per heavy atom. The number of nitrogens with zero attached hydrogens (tertiary/aromatic N) is 1. The van der Waals surface area contributed by atoms with Crippen LogP contribution in [0.2, 0.25) is 0 Å². The number of rotatable bonds is 3. The molecule has 0 spiro atoms. The molecule has 21 heavy (non-hydrogen) atoms. The number of benzene rings is 2. The van der Waals surface area contributed by atoms with Gasteiger partial charge in [-0.25, -0.2) is 4.98 Å². The van der Waals surface area contributed by atoms with Gasteiger partial charge in [-0.2, -0.15) is 0 Å². The zero-order valence-electron chi connectivity index (χ0n) is 11.7. The number of para-hydroxylation sites is 3. The van der Waals surface area contributed by atoms with Crippen LogP contribution in [-0.4, -0.2) is 9.97 Å². The summed E-state index contributed by atoms with van der Waals surface area (Å²) >= 11 is 0. The lowest BCUT2D eigenvalue weighted by Crippen LogP contribution is -2.00. The Morgan fingerprint density at radius 1 is 1.10 bits per heavy atom. The molecule has 2 aromatic heterocycles. The van der Waals surface area contributed by atoms with E-state index in [1.54, 1.807) is 0 Å². The average Bonchev–Trinajstić information content (AvgIpc) is 3.07. The second kappa shape index (κ2) is 4.66. The molecule has 0 aliphatic carbocycles. The minimum absolute atomic E-state index is 0.611. The molecule has 4 nitrogen and oxygen atoms in total. The first-order chi connectivity index (χ1) is 10.3. The lowest BCUT2D eigenvalue weighted by atomic mass is 10.1. The van der Waals surface area contributed by atoms with Gasteiger partial charge in [-0.1, -0.05) is 30.3 Å². The quantitative estimate of drug-likeness (QED) is 0.589. The maximum atomic E-state index is 5.89. The molecule has 0 fully saturated rings. The van der Waals surface area contributed by atoms with Crippen molar-refractivity contribution in [1.29, 1.82) is 0 Å². The van der Waals surface area contributed by atoms with E-state index in [0.29, 0.717) is 6.54 Å². The Bertz CT molecular complexity index is 887. The number of hydrogen-bond donors (Lipinski definition) is 2. The summed E-state index contributed by atoms with van der Waals surface area (Å²) in [4.78, 5) is 7.76. The van der Waals surface area contributed by atoms with Crippen molar-refractivity contribution in [3.63, 3.8) is 0 Å². The highest BCUT2D eigenvalue weighted by atomic mass is 16.3. The molecular formula is C17H15N3O. The topological polar surface area (TPSA) is 53.9 Å². The van der Waals surface area contributed by atoms with Crippen molar-refractivity contribution in [2.75, 3.05) is 5.32 Å². The summed E-state index contributed by atoms with van der Waals surface area (Å²) in [7, 11) is 0. The Kier molecular flexibility index (Phi) is 2.67. The first-order valence-corrected chi connectivity index (χ1v) is 6.97. The third-order valence-electron chi connectivity index (χ3n) is 3.75. The van der Waals surface area contributed by atoms with Gasteiger partial charge in [0.05, 0.1) is 17.6 Å². The van der Waals surface area contributed by atoms with Crippen LogP contribution >= 0.6 is 0 Å². The van der Waals surface area contributed by atoms with Crippen molar-refractivity contribution >= 4 is 28.0 Å². The Balaban J connectivity index is 1.61. The molecule has 0 saturated heterocycles. The monoisotopic (exact) mass is 277 g/mol. The number of aryl methyl sites for hydroxylation is 1. The van der Waals surface area contributed by atoms with Gasteiger partial charge < -0.3 is 14.7 Å². The number of anilines is 1. The molecule has 0 atom stereocenters. The molecule has 0 aliphatic heterocycles. The van der Waals surface area contributed by atoms with E-state index in [9.17, 15) is 0 Å². The van der Waals surface area contributed by atoms with Gasteiger partial charge in [-0.15, -0.1) is 0 Å². The maximum Gasteiger partial charge on any atom is 0.201 e. The summed E-state index contributed by atoms with van der Waals surface area (Å²) in [6, 6.07) is 16.1. The number of furan rings is 1. The molecule has 0 saturated carbocycles. The Labute approximate surface area is 121 Å². The highest BCUT2D eigenvalue weighted by molar-refractivity contribution is 5.82. The summed E-state index contributed by atoms with van der Waals surface area (Å²) in [5.74, 6) is 1.70. The van der Waals surface area contributed by atoms with Crippen LogP contribution in [0.25, 0.3) is 22.0 Å². The van der Waals surface area contributed by atoms with Crippen LogP contribution in [0, 0.1) is 6.92 Å². The number of imidazole rings is 1. The van der Waals surface area contributed by atoms with Crippen molar-refractivity contribution < 1.29 is 4.42 Å².